The first kappa shape index (κ1) is 12.9. The quantitative estimate of drug-likeness (QED) is 0.497. The molecular weight excluding hydrogens is 183 g/mol. The number of carboxylic acids is 2. The fourth-order valence-electron chi connectivity index (χ4n) is 1.67. The van der Waals surface area contributed by atoms with Crippen LogP contribution in [0.4, 0.5) is 0 Å². The molecule has 0 atom stereocenters. The van der Waals surface area contributed by atoms with Crippen molar-refractivity contribution >= 4 is 41.5 Å². The Kier molecular flexibility index (Phi) is 4.96. The van der Waals surface area contributed by atoms with Crippen molar-refractivity contribution in [2.45, 2.75) is 32.1 Å². The van der Waals surface area contributed by atoms with Gasteiger partial charge in [-0.3, -0.25) is 9.59 Å². The van der Waals surface area contributed by atoms with Crippen LogP contribution in [0.25, 0.3) is 0 Å². The monoisotopic (exact) mass is 196 g/mol. The Bertz CT molecular complexity index is 192. The van der Waals surface area contributed by atoms with Crippen molar-refractivity contribution in [3.05, 3.63) is 0 Å². The van der Waals surface area contributed by atoms with Crippen molar-refractivity contribution in [2.75, 3.05) is 0 Å². The molecule has 0 saturated heterocycles. The van der Waals surface area contributed by atoms with Gasteiger partial charge in [-0.15, -0.1) is 0 Å². The molecule has 0 radical (unpaired) electrons. The zero-order valence-corrected chi connectivity index (χ0v) is 6.75. The molecule has 5 heteroatoms. The van der Waals surface area contributed by atoms with E-state index in [-0.39, 0.29) is 42.4 Å². The average molecular weight is 196 g/mol. The predicted molar refractivity (Wildman–Crippen MR) is 47.9 cm³/mol. The van der Waals surface area contributed by atoms with Gasteiger partial charge >= 0.3 is 41.5 Å². The van der Waals surface area contributed by atoms with Crippen molar-refractivity contribution in [1.29, 1.82) is 0 Å². The average Bonchev–Trinajstić information content (AvgIpc) is 2.05. The van der Waals surface area contributed by atoms with Crippen LogP contribution in [-0.4, -0.2) is 51.7 Å². The predicted octanol–water partition coefficient (Wildman–Crippen LogP) is 0.458. The van der Waals surface area contributed by atoms with Crippen LogP contribution in [0.15, 0.2) is 0 Å². The van der Waals surface area contributed by atoms with Gasteiger partial charge in [-0.2, -0.15) is 0 Å². The first-order chi connectivity index (χ1) is 5.59. The van der Waals surface area contributed by atoms with Gasteiger partial charge in [0.2, 0.25) is 0 Å². The van der Waals surface area contributed by atoms with Crippen LogP contribution in [0.2, 0.25) is 0 Å². The number of hydrogen-bond acceptors (Lipinski definition) is 2. The summed E-state index contributed by atoms with van der Waals surface area (Å²) in [6.45, 7) is 0. The standard InChI is InChI=1S/C8H12O4.Na.H/c9-6(10)8(7(11)12)4-2-1-3-5-8;;/h1-5H2,(H,9,10)(H,11,12);;. The van der Waals surface area contributed by atoms with E-state index in [1.54, 1.807) is 0 Å². The summed E-state index contributed by atoms with van der Waals surface area (Å²) < 4.78 is 0. The first-order valence-electron chi connectivity index (χ1n) is 4.06. The number of carbonyl (C=O) groups is 2. The summed E-state index contributed by atoms with van der Waals surface area (Å²) in [4.78, 5) is 21.5. The van der Waals surface area contributed by atoms with E-state index < -0.39 is 17.4 Å². The van der Waals surface area contributed by atoms with Crippen molar-refractivity contribution in [1.82, 2.24) is 0 Å². The fraction of sp³-hybridized carbons (Fsp3) is 0.750. The molecule has 0 heterocycles. The van der Waals surface area contributed by atoms with Crippen LogP contribution in [0.1, 0.15) is 32.1 Å². The molecule has 0 spiro atoms. The van der Waals surface area contributed by atoms with Crippen molar-refractivity contribution in [2.24, 2.45) is 5.41 Å². The third-order valence-electron chi connectivity index (χ3n) is 2.53. The van der Waals surface area contributed by atoms with Gasteiger partial charge in [0.1, 0.15) is 0 Å². The van der Waals surface area contributed by atoms with Crippen molar-refractivity contribution in [3.63, 3.8) is 0 Å². The number of aliphatic carboxylic acids is 2. The van der Waals surface area contributed by atoms with Crippen LogP contribution in [0.3, 0.4) is 0 Å². The zero-order valence-electron chi connectivity index (χ0n) is 6.75. The number of rotatable bonds is 2. The van der Waals surface area contributed by atoms with Gasteiger partial charge in [0.05, 0.1) is 0 Å². The minimum absolute atomic E-state index is 0. The Morgan fingerprint density at radius 2 is 1.31 bits per heavy atom. The Balaban J connectivity index is 0.00000144. The van der Waals surface area contributed by atoms with Gasteiger partial charge in [-0.1, -0.05) is 19.3 Å². The van der Waals surface area contributed by atoms with Crippen LogP contribution >= 0.6 is 0 Å². The first-order valence-corrected chi connectivity index (χ1v) is 4.06. The molecule has 0 aromatic carbocycles. The normalized spacial score (nSPS) is 20.0. The summed E-state index contributed by atoms with van der Waals surface area (Å²) in [6.07, 6.45) is 2.91. The third-order valence-corrected chi connectivity index (χ3v) is 2.53. The summed E-state index contributed by atoms with van der Waals surface area (Å²) in [6, 6.07) is 0. The molecule has 70 valence electrons. The van der Waals surface area contributed by atoms with Crippen LogP contribution in [-0.2, 0) is 9.59 Å². The van der Waals surface area contributed by atoms with Crippen molar-refractivity contribution < 1.29 is 19.8 Å². The third kappa shape index (κ3) is 2.45. The van der Waals surface area contributed by atoms with E-state index in [0.717, 1.165) is 6.42 Å². The Morgan fingerprint density at radius 1 is 0.923 bits per heavy atom. The molecule has 1 fully saturated rings. The van der Waals surface area contributed by atoms with E-state index in [0.29, 0.717) is 12.8 Å². The molecule has 0 aliphatic heterocycles. The second kappa shape index (κ2) is 4.98. The molecule has 13 heavy (non-hydrogen) atoms. The molecule has 0 aromatic rings. The molecular formula is C8H13NaO4. The van der Waals surface area contributed by atoms with E-state index in [1.165, 1.54) is 0 Å². The molecule has 0 aromatic heterocycles. The summed E-state index contributed by atoms with van der Waals surface area (Å²) in [5.74, 6) is -2.37. The molecule has 0 amide bonds. The maximum absolute atomic E-state index is 10.7. The number of carboxylic acid groups (broad SMARTS) is 2. The van der Waals surface area contributed by atoms with Gasteiger partial charge in [0, 0.05) is 0 Å². The van der Waals surface area contributed by atoms with Crippen LogP contribution in [0.5, 0.6) is 0 Å². The maximum atomic E-state index is 10.7. The molecule has 1 rings (SSSR count). The molecule has 4 nitrogen and oxygen atoms in total. The molecule has 2 N–H and O–H groups in total. The molecule has 1 aliphatic carbocycles. The van der Waals surface area contributed by atoms with Crippen LogP contribution < -0.4 is 0 Å². The van der Waals surface area contributed by atoms with Gasteiger partial charge < -0.3 is 10.2 Å². The molecule has 1 aliphatic rings. The Labute approximate surface area is 98.6 Å². The van der Waals surface area contributed by atoms with Crippen LogP contribution in [0, 0.1) is 5.41 Å². The van der Waals surface area contributed by atoms with E-state index in [9.17, 15) is 9.59 Å². The summed E-state index contributed by atoms with van der Waals surface area (Å²) in [5.41, 5.74) is -1.49. The summed E-state index contributed by atoms with van der Waals surface area (Å²) in [5, 5.41) is 17.6. The Morgan fingerprint density at radius 3 is 1.54 bits per heavy atom. The van der Waals surface area contributed by atoms with Gasteiger partial charge in [0.15, 0.2) is 5.41 Å². The van der Waals surface area contributed by atoms with Crippen molar-refractivity contribution in [3.8, 4) is 0 Å². The fourth-order valence-corrected chi connectivity index (χ4v) is 1.67. The molecule has 1 saturated carbocycles. The summed E-state index contributed by atoms with van der Waals surface area (Å²) >= 11 is 0. The van der Waals surface area contributed by atoms with Gasteiger partial charge in [-0.05, 0) is 12.8 Å². The molecule has 0 unspecified atom stereocenters. The number of hydrogen-bond donors (Lipinski definition) is 2. The van der Waals surface area contributed by atoms with Gasteiger partial charge in [0.25, 0.3) is 0 Å². The topological polar surface area (TPSA) is 74.6 Å². The minimum atomic E-state index is -1.49. The molecule has 0 bridgehead atoms. The van der Waals surface area contributed by atoms with Gasteiger partial charge in [-0.25, -0.2) is 0 Å². The SMILES string of the molecule is O=C(O)C1(C(=O)O)CCCCC1.[NaH]. The summed E-state index contributed by atoms with van der Waals surface area (Å²) in [7, 11) is 0. The second-order valence-electron chi connectivity index (χ2n) is 3.25. The van der Waals surface area contributed by atoms with E-state index in [4.69, 9.17) is 10.2 Å². The zero-order chi connectivity index (χ0) is 9.19. The van der Waals surface area contributed by atoms with E-state index in [2.05, 4.69) is 0 Å². The van der Waals surface area contributed by atoms with E-state index >= 15 is 0 Å². The Hall–Kier alpha value is -0.0600. The van der Waals surface area contributed by atoms with E-state index in [1.807, 2.05) is 0 Å². The second-order valence-corrected chi connectivity index (χ2v) is 3.25.